The first kappa shape index (κ1) is 9.45. The van der Waals surface area contributed by atoms with Gasteiger partial charge in [0.05, 0.1) is 18.9 Å². The molecule has 2 rings (SSSR count). The van der Waals surface area contributed by atoms with Gasteiger partial charge < -0.3 is 9.15 Å². The Labute approximate surface area is 85.4 Å². The minimum absolute atomic E-state index is 0.218. The lowest BCUT2D eigenvalue weighted by atomic mass is 10.1. The van der Waals surface area contributed by atoms with Crippen molar-refractivity contribution < 1.29 is 18.7 Å². The standard InChI is InChI=1S/C11H8O4/c1-14-11(13)9-5-10-7(2-3-15-10)4-8(9)6-12/h2-6H,1H3. The van der Waals surface area contributed by atoms with Crippen LogP contribution in [0.15, 0.2) is 28.9 Å². The van der Waals surface area contributed by atoms with Gasteiger partial charge in [0.1, 0.15) is 5.58 Å². The Morgan fingerprint density at radius 1 is 1.47 bits per heavy atom. The number of carbonyl (C=O) groups is 2. The predicted molar refractivity (Wildman–Crippen MR) is 52.9 cm³/mol. The number of aldehydes is 1. The van der Waals surface area contributed by atoms with Gasteiger partial charge >= 0.3 is 5.97 Å². The topological polar surface area (TPSA) is 56.5 Å². The highest BCUT2D eigenvalue weighted by Crippen LogP contribution is 2.20. The highest BCUT2D eigenvalue weighted by atomic mass is 16.5. The smallest absolute Gasteiger partial charge is 0.338 e. The van der Waals surface area contributed by atoms with Gasteiger partial charge in [0.15, 0.2) is 6.29 Å². The van der Waals surface area contributed by atoms with Gasteiger partial charge in [0, 0.05) is 10.9 Å². The molecule has 0 amide bonds. The lowest BCUT2D eigenvalue weighted by Gasteiger charge is -2.01. The average molecular weight is 204 g/mol. The molecule has 0 bridgehead atoms. The maximum absolute atomic E-state index is 11.3. The van der Waals surface area contributed by atoms with Gasteiger partial charge in [0.2, 0.25) is 0 Å². The molecule has 4 nitrogen and oxygen atoms in total. The van der Waals surface area contributed by atoms with E-state index in [1.165, 1.54) is 19.4 Å². The van der Waals surface area contributed by atoms with Crippen LogP contribution in [0.4, 0.5) is 0 Å². The average Bonchev–Trinajstić information content (AvgIpc) is 2.73. The van der Waals surface area contributed by atoms with Crippen molar-refractivity contribution in [1.29, 1.82) is 0 Å². The summed E-state index contributed by atoms with van der Waals surface area (Å²) in [6, 6.07) is 4.83. The molecule has 0 radical (unpaired) electrons. The summed E-state index contributed by atoms with van der Waals surface area (Å²) in [6.45, 7) is 0. The fourth-order valence-electron chi connectivity index (χ4n) is 1.41. The van der Waals surface area contributed by atoms with Crippen LogP contribution in [0.25, 0.3) is 11.0 Å². The van der Waals surface area contributed by atoms with E-state index in [9.17, 15) is 9.59 Å². The summed E-state index contributed by atoms with van der Waals surface area (Å²) in [6.07, 6.45) is 2.12. The first-order valence-corrected chi connectivity index (χ1v) is 4.31. The first-order valence-electron chi connectivity index (χ1n) is 4.31. The summed E-state index contributed by atoms with van der Waals surface area (Å²) in [5, 5.41) is 0.782. The summed E-state index contributed by atoms with van der Waals surface area (Å²) in [5.74, 6) is -0.546. The molecular formula is C11H8O4. The van der Waals surface area contributed by atoms with Crippen LogP contribution >= 0.6 is 0 Å². The van der Waals surface area contributed by atoms with Crippen LogP contribution in [0.3, 0.4) is 0 Å². The molecule has 2 aromatic rings. The Morgan fingerprint density at radius 2 is 2.27 bits per heavy atom. The normalized spacial score (nSPS) is 10.2. The van der Waals surface area contributed by atoms with Crippen molar-refractivity contribution in [2.75, 3.05) is 7.11 Å². The second-order valence-electron chi connectivity index (χ2n) is 3.01. The van der Waals surface area contributed by atoms with Crippen molar-refractivity contribution in [3.63, 3.8) is 0 Å². The van der Waals surface area contributed by atoms with Crippen molar-refractivity contribution in [1.82, 2.24) is 0 Å². The molecular weight excluding hydrogens is 196 g/mol. The quantitative estimate of drug-likeness (QED) is 0.554. The summed E-state index contributed by atoms with van der Waals surface area (Å²) in [5.41, 5.74) is 1.08. The Morgan fingerprint density at radius 3 is 2.93 bits per heavy atom. The zero-order valence-corrected chi connectivity index (χ0v) is 8.02. The lowest BCUT2D eigenvalue weighted by molar-refractivity contribution is 0.0598. The molecule has 15 heavy (non-hydrogen) atoms. The van der Waals surface area contributed by atoms with E-state index in [1.807, 2.05) is 0 Å². The molecule has 0 unspecified atom stereocenters. The fraction of sp³-hybridized carbons (Fsp3) is 0.0909. The molecule has 0 atom stereocenters. The zero-order chi connectivity index (χ0) is 10.8. The van der Waals surface area contributed by atoms with Crippen LogP contribution in [0.2, 0.25) is 0 Å². The van der Waals surface area contributed by atoms with Crippen molar-refractivity contribution in [2.24, 2.45) is 0 Å². The number of hydrogen-bond acceptors (Lipinski definition) is 4. The van der Waals surface area contributed by atoms with E-state index in [1.54, 1.807) is 12.1 Å². The van der Waals surface area contributed by atoms with Crippen LogP contribution in [-0.2, 0) is 4.74 Å². The molecule has 0 spiro atoms. The van der Waals surface area contributed by atoms with Gasteiger partial charge in [-0.3, -0.25) is 4.79 Å². The van der Waals surface area contributed by atoms with Gasteiger partial charge in [-0.1, -0.05) is 0 Å². The van der Waals surface area contributed by atoms with E-state index < -0.39 is 5.97 Å². The molecule has 4 heteroatoms. The molecule has 0 saturated carbocycles. The second kappa shape index (κ2) is 3.57. The molecule has 0 aliphatic heterocycles. The minimum Gasteiger partial charge on any atom is -0.465 e. The molecule has 0 saturated heterocycles. The van der Waals surface area contributed by atoms with Crippen molar-refractivity contribution in [3.8, 4) is 0 Å². The number of hydrogen-bond donors (Lipinski definition) is 0. The number of ether oxygens (including phenoxy) is 1. The molecule has 76 valence electrons. The van der Waals surface area contributed by atoms with Crippen LogP contribution in [0.1, 0.15) is 20.7 Å². The van der Waals surface area contributed by atoms with E-state index in [2.05, 4.69) is 4.74 Å². The molecule has 0 fully saturated rings. The molecule has 0 aliphatic carbocycles. The third-order valence-corrected chi connectivity index (χ3v) is 2.16. The number of fused-ring (bicyclic) bond motifs is 1. The third kappa shape index (κ3) is 1.50. The number of methoxy groups -OCH3 is 1. The highest BCUT2D eigenvalue weighted by Gasteiger charge is 2.13. The SMILES string of the molecule is COC(=O)c1cc2occc2cc1C=O. The van der Waals surface area contributed by atoms with Crippen LogP contribution < -0.4 is 0 Å². The number of carbonyl (C=O) groups excluding carboxylic acids is 2. The summed E-state index contributed by atoms with van der Waals surface area (Å²) in [4.78, 5) is 22.1. The lowest BCUT2D eigenvalue weighted by Crippen LogP contribution is -2.04. The predicted octanol–water partition coefficient (Wildman–Crippen LogP) is 2.03. The molecule has 1 heterocycles. The van der Waals surface area contributed by atoms with Gasteiger partial charge in [-0.15, -0.1) is 0 Å². The van der Waals surface area contributed by atoms with E-state index >= 15 is 0 Å². The molecule has 1 aromatic carbocycles. The van der Waals surface area contributed by atoms with Gasteiger partial charge in [-0.25, -0.2) is 4.79 Å². The largest absolute Gasteiger partial charge is 0.465 e. The second-order valence-corrected chi connectivity index (χ2v) is 3.01. The van der Waals surface area contributed by atoms with Gasteiger partial charge in [0.25, 0.3) is 0 Å². The monoisotopic (exact) mass is 204 g/mol. The number of rotatable bonds is 2. The van der Waals surface area contributed by atoms with Crippen molar-refractivity contribution in [3.05, 3.63) is 35.6 Å². The van der Waals surface area contributed by atoms with E-state index in [-0.39, 0.29) is 5.56 Å². The fourth-order valence-corrected chi connectivity index (χ4v) is 1.41. The Balaban J connectivity index is 2.69. The van der Waals surface area contributed by atoms with Crippen LogP contribution in [-0.4, -0.2) is 19.4 Å². The summed E-state index contributed by atoms with van der Waals surface area (Å²) in [7, 11) is 1.27. The van der Waals surface area contributed by atoms with Crippen LogP contribution in [0, 0.1) is 0 Å². The molecule has 1 aromatic heterocycles. The number of furan rings is 1. The maximum atomic E-state index is 11.3. The number of esters is 1. The highest BCUT2D eigenvalue weighted by molar-refractivity contribution is 6.02. The van der Waals surface area contributed by atoms with Gasteiger partial charge in [-0.2, -0.15) is 0 Å². The summed E-state index contributed by atoms with van der Waals surface area (Å²) < 4.78 is 9.69. The van der Waals surface area contributed by atoms with Crippen LogP contribution in [0.5, 0.6) is 0 Å². The third-order valence-electron chi connectivity index (χ3n) is 2.16. The Kier molecular flexibility index (Phi) is 2.25. The maximum Gasteiger partial charge on any atom is 0.338 e. The van der Waals surface area contributed by atoms with Gasteiger partial charge in [-0.05, 0) is 18.2 Å². The minimum atomic E-state index is -0.546. The first-order chi connectivity index (χ1) is 7.26. The Bertz CT molecular complexity index is 524. The summed E-state index contributed by atoms with van der Waals surface area (Å²) >= 11 is 0. The number of benzene rings is 1. The van der Waals surface area contributed by atoms with Crippen molar-refractivity contribution in [2.45, 2.75) is 0 Å². The van der Waals surface area contributed by atoms with E-state index in [4.69, 9.17) is 4.42 Å². The Hall–Kier alpha value is -2.10. The molecule has 0 N–H and O–H groups in total. The molecule has 0 aliphatic rings. The van der Waals surface area contributed by atoms with E-state index in [0.717, 1.165) is 5.39 Å². The zero-order valence-electron chi connectivity index (χ0n) is 8.02. The van der Waals surface area contributed by atoms with Crippen molar-refractivity contribution >= 4 is 23.2 Å². The van der Waals surface area contributed by atoms with E-state index in [0.29, 0.717) is 17.4 Å².